The number of carbonyl (C=O) groups excluding carboxylic acids is 1. The maximum absolute atomic E-state index is 11.8. The lowest BCUT2D eigenvalue weighted by Crippen LogP contribution is -2.19. The van der Waals surface area contributed by atoms with E-state index in [1.807, 2.05) is 6.92 Å². The molecule has 2 N–H and O–H groups in total. The summed E-state index contributed by atoms with van der Waals surface area (Å²) in [5.41, 5.74) is 6.60. The lowest BCUT2D eigenvalue weighted by Gasteiger charge is -2.13. The Bertz CT molecular complexity index is 406. The van der Waals surface area contributed by atoms with Crippen molar-refractivity contribution in [1.29, 1.82) is 0 Å². The minimum Gasteiger partial charge on any atom is -0.492 e. The number of nitrogens with two attached hydrogens (primary N) is 1. The van der Waals surface area contributed by atoms with Crippen molar-refractivity contribution in [2.75, 3.05) is 26.1 Å². The van der Waals surface area contributed by atoms with E-state index in [-0.39, 0.29) is 6.10 Å². The first-order chi connectivity index (χ1) is 8.58. The molecule has 1 rings (SSSR count). The molecule has 1 unspecified atom stereocenters. The Balaban J connectivity index is 2.72. The Morgan fingerprint density at radius 1 is 1.44 bits per heavy atom. The third kappa shape index (κ3) is 3.92. The SMILES string of the molecule is CCOc1ccc(C(=O)OC(C)COC)cc1N. The van der Waals surface area contributed by atoms with Crippen LogP contribution < -0.4 is 10.5 Å². The van der Waals surface area contributed by atoms with Crippen molar-refractivity contribution in [3.63, 3.8) is 0 Å². The highest BCUT2D eigenvalue weighted by Gasteiger charge is 2.13. The van der Waals surface area contributed by atoms with E-state index >= 15 is 0 Å². The molecule has 1 aromatic carbocycles. The maximum Gasteiger partial charge on any atom is 0.338 e. The zero-order valence-corrected chi connectivity index (χ0v) is 10.9. The molecule has 0 aliphatic rings. The topological polar surface area (TPSA) is 70.8 Å². The second kappa shape index (κ2) is 6.86. The van der Waals surface area contributed by atoms with Crippen LogP contribution in [0.1, 0.15) is 24.2 Å². The molecule has 0 bridgehead atoms. The molecule has 5 nitrogen and oxygen atoms in total. The third-order valence-corrected chi connectivity index (χ3v) is 2.25. The van der Waals surface area contributed by atoms with Crippen molar-refractivity contribution in [1.82, 2.24) is 0 Å². The Labute approximate surface area is 107 Å². The van der Waals surface area contributed by atoms with E-state index in [0.29, 0.717) is 30.2 Å². The second-order valence-corrected chi connectivity index (χ2v) is 3.86. The van der Waals surface area contributed by atoms with Crippen molar-refractivity contribution in [3.05, 3.63) is 23.8 Å². The molecular weight excluding hydrogens is 234 g/mol. The molecular formula is C13H19NO4. The summed E-state index contributed by atoms with van der Waals surface area (Å²) in [6.07, 6.45) is -0.296. The minimum atomic E-state index is -0.422. The fourth-order valence-electron chi connectivity index (χ4n) is 1.48. The lowest BCUT2D eigenvalue weighted by molar-refractivity contribution is 0.0120. The van der Waals surface area contributed by atoms with E-state index in [4.69, 9.17) is 19.9 Å². The molecule has 0 amide bonds. The smallest absolute Gasteiger partial charge is 0.338 e. The number of hydrogen-bond acceptors (Lipinski definition) is 5. The summed E-state index contributed by atoms with van der Waals surface area (Å²) < 4.78 is 15.4. The van der Waals surface area contributed by atoms with Crippen LogP contribution in [0, 0.1) is 0 Å². The highest BCUT2D eigenvalue weighted by molar-refractivity contribution is 5.91. The van der Waals surface area contributed by atoms with Gasteiger partial charge in [0.1, 0.15) is 11.9 Å². The molecule has 0 fully saturated rings. The van der Waals surface area contributed by atoms with E-state index in [0.717, 1.165) is 0 Å². The van der Waals surface area contributed by atoms with E-state index in [1.165, 1.54) is 0 Å². The molecule has 0 aliphatic heterocycles. The molecule has 0 spiro atoms. The van der Waals surface area contributed by atoms with Gasteiger partial charge in [0.15, 0.2) is 0 Å². The fraction of sp³-hybridized carbons (Fsp3) is 0.462. The van der Waals surface area contributed by atoms with Crippen LogP contribution in [0.25, 0.3) is 0 Å². The summed E-state index contributed by atoms with van der Waals surface area (Å²) in [5.74, 6) is 0.147. The van der Waals surface area contributed by atoms with Gasteiger partial charge in [0.05, 0.1) is 24.5 Å². The van der Waals surface area contributed by atoms with Gasteiger partial charge < -0.3 is 19.9 Å². The average molecular weight is 253 g/mol. The quantitative estimate of drug-likeness (QED) is 0.619. The van der Waals surface area contributed by atoms with Crippen molar-refractivity contribution in [3.8, 4) is 5.75 Å². The number of benzene rings is 1. The molecule has 100 valence electrons. The van der Waals surface area contributed by atoms with Gasteiger partial charge in [0, 0.05) is 7.11 Å². The summed E-state index contributed by atoms with van der Waals surface area (Å²) >= 11 is 0. The second-order valence-electron chi connectivity index (χ2n) is 3.86. The monoisotopic (exact) mass is 253 g/mol. The standard InChI is InChI=1S/C13H19NO4/c1-4-17-12-6-5-10(7-11(12)14)13(15)18-9(2)8-16-3/h5-7,9H,4,8,14H2,1-3H3. The lowest BCUT2D eigenvalue weighted by atomic mass is 10.2. The third-order valence-electron chi connectivity index (χ3n) is 2.25. The van der Waals surface area contributed by atoms with Crippen molar-refractivity contribution in [2.45, 2.75) is 20.0 Å². The summed E-state index contributed by atoms with van der Waals surface area (Å²) in [7, 11) is 1.55. The Morgan fingerprint density at radius 2 is 2.17 bits per heavy atom. The summed E-state index contributed by atoms with van der Waals surface area (Å²) in [6, 6.07) is 4.84. The van der Waals surface area contributed by atoms with Crippen LogP contribution >= 0.6 is 0 Å². The average Bonchev–Trinajstić information content (AvgIpc) is 2.32. The molecule has 0 saturated carbocycles. The zero-order valence-electron chi connectivity index (χ0n) is 10.9. The van der Waals surface area contributed by atoms with Crippen molar-refractivity contribution in [2.24, 2.45) is 0 Å². The van der Waals surface area contributed by atoms with Crippen LogP contribution in [-0.4, -0.2) is 32.4 Å². The van der Waals surface area contributed by atoms with Gasteiger partial charge in [0.2, 0.25) is 0 Å². The first kappa shape index (κ1) is 14.3. The summed E-state index contributed by atoms with van der Waals surface area (Å²) in [5, 5.41) is 0. The number of esters is 1. The Hall–Kier alpha value is -1.75. The van der Waals surface area contributed by atoms with Gasteiger partial charge in [-0.15, -0.1) is 0 Å². The predicted octanol–water partition coefficient (Wildman–Crippen LogP) is 1.86. The number of hydrogen-bond donors (Lipinski definition) is 1. The molecule has 0 aromatic heterocycles. The summed E-state index contributed by atoms with van der Waals surface area (Å²) in [6.45, 7) is 4.52. The first-order valence-electron chi connectivity index (χ1n) is 5.80. The van der Waals surface area contributed by atoms with E-state index in [1.54, 1.807) is 32.2 Å². The molecule has 1 atom stereocenters. The molecule has 18 heavy (non-hydrogen) atoms. The van der Waals surface area contributed by atoms with Crippen molar-refractivity contribution < 1.29 is 19.0 Å². The number of nitrogen functional groups attached to an aromatic ring is 1. The predicted molar refractivity (Wildman–Crippen MR) is 68.8 cm³/mol. The highest BCUT2D eigenvalue weighted by Crippen LogP contribution is 2.23. The van der Waals surface area contributed by atoms with Gasteiger partial charge in [-0.2, -0.15) is 0 Å². The number of carbonyl (C=O) groups is 1. The normalized spacial score (nSPS) is 11.9. The largest absolute Gasteiger partial charge is 0.492 e. The van der Waals surface area contributed by atoms with E-state index in [9.17, 15) is 4.79 Å². The van der Waals surface area contributed by atoms with E-state index in [2.05, 4.69) is 0 Å². The van der Waals surface area contributed by atoms with Gasteiger partial charge in [-0.25, -0.2) is 4.79 Å². The molecule has 0 saturated heterocycles. The molecule has 0 heterocycles. The molecule has 1 aromatic rings. The van der Waals surface area contributed by atoms with Crippen LogP contribution in [0.2, 0.25) is 0 Å². The highest BCUT2D eigenvalue weighted by atomic mass is 16.6. The van der Waals surface area contributed by atoms with E-state index < -0.39 is 5.97 Å². The minimum absolute atomic E-state index is 0.296. The van der Waals surface area contributed by atoms with Gasteiger partial charge in [-0.05, 0) is 32.0 Å². The summed E-state index contributed by atoms with van der Waals surface area (Å²) in [4.78, 5) is 11.8. The van der Waals surface area contributed by atoms with Crippen molar-refractivity contribution >= 4 is 11.7 Å². The number of anilines is 1. The number of ether oxygens (including phenoxy) is 3. The number of methoxy groups -OCH3 is 1. The van der Waals surface area contributed by atoms with Gasteiger partial charge in [-0.1, -0.05) is 0 Å². The Morgan fingerprint density at radius 3 is 2.72 bits per heavy atom. The van der Waals surface area contributed by atoms with Crippen LogP contribution in [0.3, 0.4) is 0 Å². The van der Waals surface area contributed by atoms with Crippen LogP contribution in [0.15, 0.2) is 18.2 Å². The van der Waals surface area contributed by atoms with Gasteiger partial charge in [0.25, 0.3) is 0 Å². The maximum atomic E-state index is 11.8. The van der Waals surface area contributed by atoms with Gasteiger partial charge in [-0.3, -0.25) is 0 Å². The first-order valence-corrected chi connectivity index (χ1v) is 5.80. The van der Waals surface area contributed by atoms with Crippen LogP contribution in [0.5, 0.6) is 5.75 Å². The molecule has 0 radical (unpaired) electrons. The van der Waals surface area contributed by atoms with Gasteiger partial charge >= 0.3 is 5.97 Å². The number of rotatable bonds is 6. The Kier molecular flexibility index (Phi) is 5.45. The zero-order chi connectivity index (χ0) is 13.5. The molecule has 0 aliphatic carbocycles. The fourth-order valence-corrected chi connectivity index (χ4v) is 1.48. The van der Waals surface area contributed by atoms with Crippen LogP contribution in [-0.2, 0) is 9.47 Å². The molecule has 5 heteroatoms. The van der Waals surface area contributed by atoms with Crippen LogP contribution in [0.4, 0.5) is 5.69 Å².